The highest BCUT2D eigenvalue weighted by Crippen LogP contribution is 2.61. The lowest BCUT2D eigenvalue weighted by Crippen LogP contribution is -2.58. The SMILES string of the molecule is C=CCCC(=O)OC[C@H](NC(=O)[C@H]1[C@@H]2O[C@@]3(CC2Br)[C@@H]1C(=O)N([C@H](CO)c1ccccc1)[C@@H]3C(=O)N(CC=C)C(C)C)c1ccccc1. The molecule has 256 valence electrons. The van der Waals surface area contributed by atoms with E-state index in [1.54, 1.807) is 17.1 Å². The zero-order valence-corrected chi connectivity index (χ0v) is 29.0. The van der Waals surface area contributed by atoms with Gasteiger partial charge in [0.15, 0.2) is 0 Å². The lowest BCUT2D eigenvalue weighted by molar-refractivity contribution is -0.152. The number of aliphatic hydroxyl groups excluding tert-OH is 1. The van der Waals surface area contributed by atoms with Crippen molar-refractivity contribution in [3.05, 3.63) is 97.1 Å². The van der Waals surface area contributed by atoms with Gasteiger partial charge in [-0.2, -0.15) is 0 Å². The summed E-state index contributed by atoms with van der Waals surface area (Å²) in [4.78, 5) is 59.0. The van der Waals surface area contributed by atoms with Crippen molar-refractivity contribution in [2.24, 2.45) is 11.8 Å². The molecule has 3 fully saturated rings. The van der Waals surface area contributed by atoms with Gasteiger partial charge in [-0.1, -0.05) is 88.7 Å². The van der Waals surface area contributed by atoms with Crippen molar-refractivity contribution in [1.82, 2.24) is 15.1 Å². The van der Waals surface area contributed by atoms with E-state index in [4.69, 9.17) is 9.47 Å². The number of ether oxygens (including phenoxy) is 2. The number of aliphatic hydroxyl groups is 1. The second-order valence-electron chi connectivity index (χ2n) is 12.9. The molecule has 11 heteroatoms. The third-order valence-corrected chi connectivity index (χ3v) is 10.5. The highest BCUT2D eigenvalue weighted by atomic mass is 79.9. The molecule has 0 radical (unpaired) electrons. The summed E-state index contributed by atoms with van der Waals surface area (Å²) in [5.41, 5.74) is 0.0614. The zero-order valence-electron chi connectivity index (χ0n) is 27.4. The Morgan fingerprint density at radius 3 is 2.33 bits per heavy atom. The normalized spacial score (nSPS) is 26.9. The number of amides is 3. The molecule has 2 aromatic rings. The van der Waals surface area contributed by atoms with Gasteiger partial charge < -0.3 is 29.7 Å². The Kier molecular flexibility index (Phi) is 11.2. The first-order chi connectivity index (χ1) is 23.1. The Bertz CT molecular complexity index is 1500. The molecule has 2 N–H and O–H groups in total. The van der Waals surface area contributed by atoms with Crippen LogP contribution in [0.3, 0.4) is 0 Å². The molecule has 2 bridgehead atoms. The minimum atomic E-state index is -1.33. The van der Waals surface area contributed by atoms with Gasteiger partial charge in [0, 0.05) is 23.8 Å². The first-order valence-electron chi connectivity index (χ1n) is 16.4. The van der Waals surface area contributed by atoms with Gasteiger partial charge in [-0.15, -0.1) is 13.2 Å². The van der Waals surface area contributed by atoms with Crippen molar-refractivity contribution in [2.75, 3.05) is 19.8 Å². The molecule has 3 saturated heterocycles. The fraction of sp³-hybridized carbons (Fsp3) is 0.459. The number of nitrogens with zero attached hydrogens (tertiary/aromatic N) is 2. The zero-order chi connectivity index (χ0) is 34.6. The second kappa shape index (κ2) is 15.2. The van der Waals surface area contributed by atoms with Crippen LogP contribution in [0.5, 0.6) is 0 Å². The van der Waals surface area contributed by atoms with Crippen LogP contribution in [0.2, 0.25) is 0 Å². The lowest BCUT2D eigenvalue weighted by atomic mass is 9.70. The number of likely N-dealkylation sites (tertiary alicyclic amines) is 1. The number of carbonyl (C=O) groups is 4. The number of carbonyl (C=O) groups excluding carboxylic acids is 4. The molecule has 3 aliphatic heterocycles. The van der Waals surface area contributed by atoms with Gasteiger partial charge in [-0.3, -0.25) is 19.2 Å². The van der Waals surface area contributed by atoms with Crippen LogP contribution in [0.15, 0.2) is 86.0 Å². The number of hydrogen-bond acceptors (Lipinski definition) is 7. The van der Waals surface area contributed by atoms with Crippen molar-refractivity contribution in [1.29, 1.82) is 0 Å². The molecule has 1 spiro atoms. The van der Waals surface area contributed by atoms with E-state index >= 15 is 0 Å². The van der Waals surface area contributed by atoms with Gasteiger partial charge in [-0.05, 0) is 37.8 Å². The maximum absolute atomic E-state index is 14.8. The summed E-state index contributed by atoms with van der Waals surface area (Å²) >= 11 is 3.73. The van der Waals surface area contributed by atoms with E-state index < -0.39 is 66.1 Å². The van der Waals surface area contributed by atoms with Gasteiger partial charge in [0.1, 0.15) is 18.2 Å². The maximum Gasteiger partial charge on any atom is 0.306 e. The third kappa shape index (κ3) is 6.60. The smallest absolute Gasteiger partial charge is 0.306 e. The number of benzene rings is 2. The van der Waals surface area contributed by atoms with Gasteiger partial charge in [0.25, 0.3) is 0 Å². The van der Waals surface area contributed by atoms with Crippen molar-refractivity contribution < 1.29 is 33.8 Å². The van der Waals surface area contributed by atoms with Gasteiger partial charge in [-0.25, -0.2) is 0 Å². The molecule has 10 nitrogen and oxygen atoms in total. The largest absolute Gasteiger partial charge is 0.463 e. The van der Waals surface area contributed by atoms with Crippen LogP contribution < -0.4 is 5.32 Å². The van der Waals surface area contributed by atoms with Gasteiger partial charge in [0.05, 0.1) is 36.6 Å². The molecule has 8 atom stereocenters. The van der Waals surface area contributed by atoms with E-state index in [0.29, 0.717) is 18.4 Å². The molecule has 0 aliphatic carbocycles. The standard InChI is InChI=1S/C37H44BrN3O7/c1-5-7-18-29(43)47-22-27(24-14-10-8-11-15-24)39-34(44)30-31-35(45)41(28(21-42)25-16-12-9-13-17-25)33(36(46)40(19-6-2)23(3)4)37(31)20-26(38)32(30)48-37/h5-6,8-17,23,26-28,30-33,42H,1-2,7,18-22H2,3-4H3,(H,39,44)/t26?,27-,28+,30+,31-,32+,33+,37-/m0/s1. The van der Waals surface area contributed by atoms with Crippen molar-refractivity contribution in [3.63, 3.8) is 0 Å². The number of fused-ring (bicyclic) bond motifs is 1. The topological polar surface area (TPSA) is 125 Å². The molecule has 3 heterocycles. The molecule has 5 rings (SSSR count). The van der Waals surface area contributed by atoms with Crippen LogP contribution in [-0.4, -0.2) is 87.0 Å². The van der Waals surface area contributed by atoms with E-state index in [1.165, 1.54) is 4.90 Å². The average molecular weight is 723 g/mol. The predicted molar refractivity (Wildman–Crippen MR) is 184 cm³/mol. The molecular formula is C37H44BrN3O7. The van der Waals surface area contributed by atoms with Crippen molar-refractivity contribution >= 4 is 39.6 Å². The maximum atomic E-state index is 14.8. The average Bonchev–Trinajstić information content (AvgIpc) is 3.68. The van der Waals surface area contributed by atoms with Crippen LogP contribution in [0.25, 0.3) is 0 Å². The van der Waals surface area contributed by atoms with E-state index in [-0.39, 0.29) is 36.3 Å². The first kappa shape index (κ1) is 35.5. The minimum absolute atomic E-state index is 0.107. The number of rotatable bonds is 15. The summed E-state index contributed by atoms with van der Waals surface area (Å²) in [6, 6.07) is 15.4. The number of hydrogen-bond donors (Lipinski definition) is 2. The van der Waals surface area contributed by atoms with Crippen molar-refractivity contribution in [3.8, 4) is 0 Å². The molecule has 3 amide bonds. The van der Waals surface area contributed by atoms with Crippen LogP contribution in [0.4, 0.5) is 0 Å². The quantitative estimate of drug-likeness (QED) is 0.160. The minimum Gasteiger partial charge on any atom is -0.463 e. The summed E-state index contributed by atoms with van der Waals surface area (Å²) in [5, 5.41) is 13.8. The number of nitrogens with one attached hydrogen (secondary N) is 1. The number of halogens is 1. The van der Waals surface area contributed by atoms with Gasteiger partial charge >= 0.3 is 5.97 Å². The Labute approximate surface area is 290 Å². The molecule has 0 saturated carbocycles. The molecule has 2 aromatic carbocycles. The Balaban J connectivity index is 1.53. The van der Waals surface area contributed by atoms with Crippen LogP contribution in [0.1, 0.15) is 56.3 Å². The number of alkyl halides is 1. The summed E-state index contributed by atoms with van der Waals surface area (Å²) in [5.74, 6) is -3.56. The van der Waals surface area contributed by atoms with Crippen LogP contribution in [0, 0.1) is 11.8 Å². The summed E-state index contributed by atoms with van der Waals surface area (Å²) < 4.78 is 12.3. The molecular weight excluding hydrogens is 678 g/mol. The van der Waals surface area contributed by atoms with E-state index in [1.807, 2.05) is 74.5 Å². The van der Waals surface area contributed by atoms with Crippen molar-refractivity contribution in [2.45, 2.75) is 73.8 Å². The van der Waals surface area contributed by atoms with E-state index in [9.17, 15) is 24.3 Å². The first-order valence-corrected chi connectivity index (χ1v) is 17.3. The van der Waals surface area contributed by atoms with E-state index in [2.05, 4.69) is 34.4 Å². The second-order valence-corrected chi connectivity index (χ2v) is 14.0. The number of esters is 1. The fourth-order valence-corrected chi connectivity index (χ4v) is 8.45. The molecule has 1 unspecified atom stereocenters. The number of allylic oxidation sites excluding steroid dienone is 1. The molecule has 48 heavy (non-hydrogen) atoms. The predicted octanol–water partition coefficient (Wildman–Crippen LogP) is 4.26. The molecule has 0 aromatic heterocycles. The fourth-order valence-electron chi connectivity index (χ4n) is 7.51. The Morgan fingerprint density at radius 1 is 1.10 bits per heavy atom. The monoisotopic (exact) mass is 721 g/mol. The Hall–Kier alpha value is -3.80. The lowest BCUT2D eigenvalue weighted by Gasteiger charge is -2.40. The molecule has 3 aliphatic rings. The third-order valence-electron chi connectivity index (χ3n) is 9.67. The van der Waals surface area contributed by atoms with E-state index in [0.717, 1.165) is 5.56 Å². The highest BCUT2D eigenvalue weighted by molar-refractivity contribution is 9.09. The summed E-state index contributed by atoms with van der Waals surface area (Å²) in [7, 11) is 0. The van der Waals surface area contributed by atoms with Gasteiger partial charge in [0.2, 0.25) is 17.7 Å². The summed E-state index contributed by atoms with van der Waals surface area (Å²) in [6.07, 6.45) is 3.53. The summed E-state index contributed by atoms with van der Waals surface area (Å²) in [6.45, 7) is 11.0. The van der Waals surface area contributed by atoms with Crippen LogP contribution >= 0.6 is 15.9 Å². The van der Waals surface area contributed by atoms with Crippen LogP contribution in [-0.2, 0) is 28.7 Å². The highest BCUT2D eigenvalue weighted by Gasteiger charge is 2.77. The Morgan fingerprint density at radius 2 is 1.75 bits per heavy atom.